The molecule has 0 radical (unpaired) electrons. The van der Waals surface area contributed by atoms with Gasteiger partial charge in [-0.05, 0) is 34.8 Å². The lowest BCUT2D eigenvalue weighted by molar-refractivity contribution is 0.0719. The van der Waals surface area contributed by atoms with Crippen LogP contribution in [0.4, 0.5) is 5.82 Å². The molecule has 7 nitrogen and oxygen atoms in total. The van der Waals surface area contributed by atoms with Crippen LogP contribution in [0, 0.1) is 0 Å². The third-order valence-corrected chi connectivity index (χ3v) is 3.04. The van der Waals surface area contributed by atoms with Gasteiger partial charge < -0.3 is 10.6 Å². The van der Waals surface area contributed by atoms with Crippen molar-refractivity contribution < 1.29 is 9.42 Å². The van der Waals surface area contributed by atoms with Crippen molar-refractivity contribution in [2.45, 2.75) is 25.4 Å². The van der Waals surface area contributed by atoms with E-state index in [4.69, 9.17) is 5.73 Å². The summed E-state index contributed by atoms with van der Waals surface area (Å²) in [4.78, 5) is 18.2. The molecule has 0 aliphatic heterocycles. The Morgan fingerprint density at radius 3 is 2.89 bits per heavy atom. The van der Waals surface area contributed by atoms with Crippen LogP contribution >= 0.6 is 0 Å². The number of hydrogen-bond acceptors (Lipinski definition) is 6. The topological polar surface area (TPSA) is 98.1 Å². The minimum Gasteiger partial charge on any atom is -0.379 e. The van der Waals surface area contributed by atoms with Crippen molar-refractivity contribution in [2.24, 2.45) is 0 Å². The first-order valence-corrected chi connectivity index (χ1v) is 6.03. The monoisotopic (exact) mass is 259 g/mol. The summed E-state index contributed by atoms with van der Waals surface area (Å²) in [6.45, 7) is 0.490. The normalized spacial score (nSPS) is 14.3. The molecule has 0 atom stereocenters. The standard InChI is InChI=1S/C12H13N5O2/c13-11-10(15-19-16-11)12(18)17(9-3-4-9)7-8-2-1-5-14-6-8/h1-2,5-6,9H,3-4,7H2,(H2,13,16). The summed E-state index contributed by atoms with van der Waals surface area (Å²) in [5.74, 6) is -0.216. The lowest BCUT2D eigenvalue weighted by Gasteiger charge is -2.21. The predicted molar refractivity (Wildman–Crippen MR) is 65.8 cm³/mol. The van der Waals surface area contributed by atoms with Crippen LogP contribution in [0.2, 0.25) is 0 Å². The van der Waals surface area contributed by atoms with E-state index in [1.54, 1.807) is 17.3 Å². The fourth-order valence-electron chi connectivity index (χ4n) is 1.92. The van der Waals surface area contributed by atoms with Gasteiger partial charge in [-0.1, -0.05) is 6.07 Å². The molecule has 19 heavy (non-hydrogen) atoms. The lowest BCUT2D eigenvalue weighted by Crippen LogP contribution is -2.33. The van der Waals surface area contributed by atoms with Gasteiger partial charge in [-0.3, -0.25) is 9.78 Å². The summed E-state index contributed by atoms with van der Waals surface area (Å²) in [6.07, 6.45) is 5.44. The summed E-state index contributed by atoms with van der Waals surface area (Å²) < 4.78 is 4.48. The molecule has 0 spiro atoms. The number of carbonyl (C=O) groups excluding carboxylic acids is 1. The maximum absolute atomic E-state index is 12.4. The lowest BCUT2D eigenvalue weighted by atomic mass is 10.2. The summed E-state index contributed by atoms with van der Waals surface area (Å²) in [5.41, 5.74) is 6.62. The van der Waals surface area contributed by atoms with E-state index < -0.39 is 0 Å². The first-order valence-electron chi connectivity index (χ1n) is 6.03. The molecule has 7 heteroatoms. The summed E-state index contributed by atoms with van der Waals surface area (Å²) in [6, 6.07) is 4.01. The van der Waals surface area contributed by atoms with E-state index in [0.29, 0.717) is 6.54 Å². The molecular weight excluding hydrogens is 246 g/mol. The third kappa shape index (κ3) is 2.40. The van der Waals surface area contributed by atoms with E-state index in [-0.39, 0.29) is 23.5 Å². The fraction of sp³-hybridized carbons (Fsp3) is 0.333. The molecule has 1 aliphatic rings. The second-order valence-electron chi connectivity index (χ2n) is 4.52. The van der Waals surface area contributed by atoms with Gasteiger partial charge in [-0.15, -0.1) is 0 Å². The molecule has 0 aromatic carbocycles. The average molecular weight is 259 g/mol. The molecule has 0 unspecified atom stereocenters. The van der Waals surface area contributed by atoms with E-state index in [0.717, 1.165) is 18.4 Å². The average Bonchev–Trinajstić information content (AvgIpc) is 3.18. The van der Waals surface area contributed by atoms with E-state index in [9.17, 15) is 4.79 Å². The van der Waals surface area contributed by atoms with Crippen molar-refractivity contribution in [1.29, 1.82) is 0 Å². The fourth-order valence-corrected chi connectivity index (χ4v) is 1.92. The highest BCUT2D eigenvalue weighted by Crippen LogP contribution is 2.30. The molecule has 98 valence electrons. The third-order valence-electron chi connectivity index (χ3n) is 3.04. The molecule has 1 aliphatic carbocycles. The van der Waals surface area contributed by atoms with Gasteiger partial charge in [0.2, 0.25) is 11.5 Å². The number of anilines is 1. The van der Waals surface area contributed by atoms with Crippen LogP contribution in [0.5, 0.6) is 0 Å². The Labute approximate surface area is 109 Å². The molecular formula is C12H13N5O2. The summed E-state index contributed by atoms with van der Waals surface area (Å²) in [7, 11) is 0. The molecule has 1 fully saturated rings. The smallest absolute Gasteiger partial charge is 0.280 e. The number of aromatic nitrogens is 3. The van der Waals surface area contributed by atoms with Crippen LogP contribution in [0.15, 0.2) is 29.2 Å². The largest absolute Gasteiger partial charge is 0.379 e. The Balaban J connectivity index is 1.82. The molecule has 2 N–H and O–H groups in total. The van der Waals surface area contributed by atoms with Crippen LogP contribution in [-0.2, 0) is 6.54 Å². The van der Waals surface area contributed by atoms with Crippen molar-refractivity contribution in [2.75, 3.05) is 5.73 Å². The van der Waals surface area contributed by atoms with E-state index >= 15 is 0 Å². The number of carbonyl (C=O) groups is 1. The number of amides is 1. The van der Waals surface area contributed by atoms with Crippen molar-refractivity contribution in [3.8, 4) is 0 Å². The number of nitrogen functional groups attached to an aromatic ring is 1. The van der Waals surface area contributed by atoms with Gasteiger partial charge in [-0.2, -0.15) is 0 Å². The molecule has 1 saturated carbocycles. The maximum Gasteiger partial charge on any atom is 0.280 e. The Bertz CT molecular complexity index is 579. The highest BCUT2D eigenvalue weighted by molar-refractivity contribution is 5.96. The van der Waals surface area contributed by atoms with Crippen LogP contribution in [0.3, 0.4) is 0 Å². The molecule has 2 aromatic rings. The van der Waals surface area contributed by atoms with Crippen LogP contribution in [0.25, 0.3) is 0 Å². The van der Waals surface area contributed by atoms with Crippen molar-refractivity contribution in [1.82, 2.24) is 20.2 Å². The number of nitrogens with two attached hydrogens (primary N) is 1. The zero-order chi connectivity index (χ0) is 13.2. The first kappa shape index (κ1) is 11.6. The second-order valence-corrected chi connectivity index (χ2v) is 4.52. The Morgan fingerprint density at radius 1 is 1.47 bits per heavy atom. The van der Waals surface area contributed by atoms with Gasteiger partial charge in [0, 0.05) is 25.0 Å². The van der Waals surface area contributed by atoms with Gasteiger partial charge in [0.15, 0.2) is 0 Å². The number of nitrogens with zero attached hydrogens (tertiary/aromatic N) is 4. The molecule has 2 aromatic heterocycles. The molecule has 3 rings (SSSR count). The summed E-state index contributed by atoms with van der Waals surface area (Å²) >= 11 is 0. The van der Waals surface area contributed by atoms with Crippen molar-refractivity contribution in [3.05, 3.63) is 35.8 Å². The van der Waals surface area contributed by atoms with Crippen LogP contribution in [0.1, 0.15) is 28.9 Å². The van der Waals surface area contributed by atoms with E-state index in [1.807, 2.05) is 12.1 Å². The Hall–Kier alpha value is -2.44. The highest BCUT2D eigenvalue weighted by atomic mass is 16.6. The van der Waals surface area contributed by atoms with E-state index in [1.165, 1.54) is 0 Å². The summed E-state index contributed by atoms with van der Waals surface area (Å²) in [5, 5.41) is 7.01. The quantitative estimate of drug-likeness (QED) is 0.874. The number of rotatable bonds is 4. The highest BCUT2D eigenvalue weighted by Gasteiger charge is 2.35. The molecule has 0 bridgehead atoms. The predicted octanol–water partition coefficient (Wildman–Crippen LogP) is 0.852. The van der Waals surface area contributed by atoms with E-state index in [2.05, 4.69) is 19.9 Å². The zero-order valence-corrected chi connectivity index (χ0v) is 10.2. The van der Waals surface area contributed by atoms with Crippen molar-refractivity contribution >= 4 is 11.7 Å². The van der Waals surface area contributed by atoms with Gasteiger partial charge in [-0.25, -0.2) is 4.63 Å². The second kappa shape index (κ2) is 4.68. The first-order chi connectivity index (χ1) is 9.25. The Morgan fingerprint density at radius 2 is 2.32 bits per heavy atom. The van der Waals surface area contributed by atoms with Gasteiger partial charge in [0.1, 0.15) is 0 Å². The minimum atomic E-state index is -0.245. The van der Waals surface area contributed by atoms with Crippen LogP contribution < -0.4 is 5.73 Å². The van der Waals surface area contributed by atoms with Crippen molar-refractivity contribution in [3.63, 3.8) is 0 Å². The van der Waals surface area contributed by atoms with Gasteiger partial charge in [0.25, 0.3) is 5.91 Å². The minimum absolute atomic E-state index is 0.0295. The number of pyridine rings is 1. The molecule has 2 heterocycles. The molecule has 0 saturated heterocycles. The zero-order valence-electron chi connectivity index (χ0n) is 10.2. The van der Waals surface area contributed by atoms with Gasteiger partial charge >= 0.3 is 0 Å². The SMILES string of the molecule is Nc1nonc1C(=O)N(Cc1cccnc1)C1CC1. The molecule has 1 amide bonds. The Kier molecular flexibility index (Phi) is 2.86. The van der Waals surface area contributed by atoms with Gasteiger partial charge in [0.05, 0.1) is 0 Å². The maximum atomic E-state index is 12.4. The van der Waals surface area contributed by atoms with Crippen LogP contribution in [-0.4, -0.2) is 32.1 Å². The number of hydrogen-bond donors (Lipinski definition) is 1.